The van der Waals surface area contributed by atoms with Crippen LogP contribution < -0.4 is 5.32 Å². The third kappa shape index (κ3) is 4.36. The molecule has 0 saturated carbocycles. The lowest BCUT2D eigenvalue weighted by molar-refractivity contribution is 0.725. The molecule has 2 nitrogen and oxygen atoms in total. The number of nitrogens with one attached hydrogen (secondary N) is 1. The summed E-state index contributed by atoms with van der Waals surface area (Å²) in [4.78, 5) is 5.14. The maximum atomic E-state index is 5.14. The minimum Gasteiger partial charge on any atom is -0.379 e. The highest BCUT2D eigenvalue weighted by molar-refractivity contribution is 6.01. The highest BCUT2D eigenvalue weighted by Crippen LogP contribution is 2.63. The van der Waals surface area contributed by atoms with Crippen molar-refractivity contribution in [2.75, 3.05) is 0 Å². The third-order valence-electron chi connectivity index (χ3n) is 11.6. The summed E-state index contributed by atoms with van der Waals surface area (Å²) in [7, 11) is 0. The number of allylic oxidation sites excluding steroid dienone is 2. The van der Waals surface area contributed by atoms with Crippen LogP contribution in [0.3, 0.4) is 0 Å². The predicted molar refractivity (Wildman–Crippen MR) is 219 cm³/mol. The minimum absolute atomic E-state index is 0.0403. The van der Waals surface area contributed by atoms with Crippen LogP contribution >= 0.6 is 0 Å². The SMILES string of the molecule is C1=CNC(c2cc(-c3ccccc3)c3cc(-c4ccc(-c5cccc6c5-c5ccccc5C65c6ccccc6-c6ccccc65)cc4)ccc3n2)C=C1. The molecule has 1 aliphatic heterocycles. The Kier molecular flexibility index (Phi) is 6.56. The van der Waals surface area contributed by atoms with Crippen LogP contribution in [0, 0.1) is 0 Å². The monoisotopic (exact) mass is 674 g/mol. The summed E-state index contributed by atoms with van der Waals surface area (Å²) in [5.74, 6) is 0. The number of aromatic nitrogens is 1. The Hall–Kier alpha value is -6.77. The zero-order chi connectivity index (χ0) is 34.9. The summed E-state index contributed by atoms with van der Waals surface area (Å²) >= 11 is 0. The van der Waals surface area contributed by atoms with Gasteiger partial charge in [0.2, 0.25) is 0 Å². The van der Waals surface area contributed by atoms with Gasteiger partial charge in [-0.3, -0.25) is 4.98 Å². The Labute approximate surface area is 309 Å². The van der Waals surface area contributed by atoms with Gasteiger partial charge in [-0.05, 0) is 108 Å². The smallest absolute Gasteiger partial charge is 0.0869 e. The highest BCUT2D eigenvalue weighted by Gasteiger charge is 2.51. The second-order valence-corrected chi connectivity index (χ2v) is 14.3. The van der Waals surface area contributed by atoms with Crippen molar-refractivity contribution in [3.63, 3.8) is 0 Å². The van der Waals surface area contributed by atoms with Gasteiger partial charge in [-0.2, -0.15) is 0 Å². The van der Waals surface area contributed by atoms with Gasteiger partial charge in [0.15, 0.2) is 0 Å². The molecule has 11 rings (SSSR count). The van der Waals surface area contributed by atoms with Gasteiger partial charge >= 0.3 is 0 Å². The van der Waals surface area contributed by atoms with Gasteiger partial charge in [-0.25, -0.2) is 0 Å². The average Bonchev–Trinajstić information content (AvgIpc) is 3.71. The summed E-state index contributed by atoms with van der Waals surface area (Å²) < 4.78 is 0. The maximum absolute atomic E-state index is 5.14. The fraction of sp³-hybridized carbons (Fsp3) is 0.0392. The molecule has 0 radical (unpaired) electrons. The molecule has 0 bridgehead atoms. The van der Waals surface area contributed by atoms with E-state index in [0.29, 0.717) is 0 Å². The molecule has 248 valence electrons. The largest absolute Gasteiger partial charge is 0.379 e. The Morgan fingerprint density at radius 3 is 1.74 bits per heavy atom. The molecule has 7 aromatic carbocycles. The topological polar surface area (TPSA) is 24.9 Å². The molecule has 1 atom stereocenters. The van der Waals surface area contributed by atoms with Gasteiger partial charge in [-0.15, -0.1) is 0 Å². The molecule has 53 heavy (non-hydrogen) atoms. The van der Waals surface area contributed by atoms with Crippen molar-refractivity contribution in [2.24, 2.45) is 0 Å². The zero-order valence-corrected chi connectivity index (χ0v) is 29.0. The van der Waals surface area contributed by atoms with E-state index in [9.17, 15) is 0 Å². The second-order valence-electron chi connectivity index (χ2n) is 14.3. The van der Waals surface area contributed by atoms with Crippen molar-refractivity contribution in [1.29, 1.82) is 0 Å². The highest BCUT2D eigenvalue weighted by atomic mass is 14.9. The van der Waals surface area contributed by atoms with E-state index >= 15 is 0 Å². The first-order valence-corrected chi connectivity index (χ1v) is 18.4. The standard InChI is InChI=1S/C51H34N2/c1-2-13-34(14-3-1)41-32-49(48-23-10-11-30-52-48)53-47-29-28-36(31-42(41)47)33-24-26-35(27-25-33)37-18-12-22-46-50(37)40-17-6-9-21-45(40)51(46)43-19-7-4-15-38(43)39-16-5-8-20-44(39)51/h1-32,48,52H. The molecule has 0 fully saturated rings. The van der Waals surface area contributed by atoms with Gasteiger partial charge in [0.05, 0.1) is 22.7 Å². The number of hydrogen-bond acceptors (Lipinski definition) is 2. The van der Waals surface area contributed by atoms with E-state index in [1.54, 1.807) is 0 Å². The van der Waals surface area contributed by atoms with E-state index in [1.807, 2.05) is 12.3 Å². The lowest BCUT2D eigenvalue weighted by Gasteiger charge is -2.30. The van der Waals surface area contributed by atoms with Gasteiger partial charge < -0.3 is 5.32 Å². The average molecular weight is 675 g/mol. The van der Waals surface area contributed by atoms with E-state index < -0.39 is 0 Å². The molecule has 1 aromatic heterocycles. The van der Waals surface area contributed by atoms with Crippen LogP contribution in [0.15, 0.2) is 194 Å². The summed E-state index contributed by atoms with van der Waals surface area (Å²) in [6, 6.07) is 62.8. The first-order chi connectivity index (χ1) is 26.3. The lowest BCUT2D eigenvalue weighted by atomic mass is 9.70. The Bertz CT molecular complexity index is 2760. The molecular formula is C51H34N2. The molecular weight excluding hydrogens is 641 g/mol. The molecule has 2 aliphatic carbocycles. The van der Waals surface area contributed by atoms with E-state index in [1.165, 1.54) is 77.9 Å². The van der Waals surface area contributed by atoms with Crippen LogP contribution in [0.25, 0.3) is 66.5 Å². The van der Waals surface area contributed by atoms with Crippen molar-refractivity contribution < 1.29 is 0 Å². The molecule has 2 heterocycles. The third-order valence-corrected chi connectivity index (χ3v) is 11.6. The first kappa shape index (κ1) is 29.9. The molecule has 1 spiro atoms. The van der Waals surface area contributed by atoms with Crippen LogP contribution in [0.5, 0.6) is 0 Å². The van der Waals surface area contributed by atoms with E-state index in [-0.39, 0.29) is 11.5 Å². The number of pyridine rings is 1. The van der Waals surface area contributed by atoms with Crippen molar-refractivity contribution in [2.45, 2.75) is 11.5 Å². The normalized spacial score (nSPS) is 15.5. The number of nitrogens with zero attached hydrogens (tertiary/aromatic N) is 1. The molecule has 1 N–H and O–H groups in total. The van der Waals surface area contributed by atoms with Crippen LogP contribution in [-0.4, -0.2) is 4.98 Å². The van der Waals surface area contributed by atoms with Crippen LogP contribution in [0.1, 0.15) is 34.0 Å². The molecule has 3 aliphatic rings. The number of rotatable bonds is 4. The van der Waals surface area contributed by atoms with Gasteiger partial charge in [0.1, 0.15) is 0 Å². The van der Waals surface area contributed by atoms with Gasteiger partial charge in [0, 0.05) is 5.39 Å². The number of benzene rings is 7. The fourth-order valence-electron chi connectivity index (χ4n) is 9.30. The lowest BCUT2D eigenvalue weighted by Crippen LogP contribution is -2.25. The number of hydrogen-bond donors (Lipinski definition) is 1. The summed E-state index contributed by atoms with van der Waals surface area (Å²) in [5.41, 5.74) is 19.7. The number of fused-ring (bicyclic) bond motifs is 11. The van der Waals surface area contributed by atoms with Gasteiger partial charge in [0.25, 0.3) is 0 Å². The second kappa shape index (κ2) is 11.6. The van der Waals surface area contributed by atoms with E-state index in [4.69, 9.17) is 4.98 Å². The van der Waals surface area contributed by atoms with Crippen molar-refractivity contribution >= 4 is 10.9 Å². The summed E-state index contributed by atoms with van der Waals surface area (Å²) in [6.07, 6.45) is 8.24. The molecule has 8 aromatic rings. The molecule has 2 heteroatoms. The summed E-state index contributed by atoms with van der Waals surface area (Å²) in [5, 5.41) is 4.60. The Morgan fingerprint density at radius 2 is 1.02 bits per heavy atom. The van der Waals surface area contributed by atoms with Crippen LogP contribution in [0.4, 0.5) is 0 Å². The van der Waals surface area contributed by atoms with Crippen molar-refractivity contribution in [3.05, 3.63) is 222 Å². The first-order valence-electron chi connectivity index (χ1n) is 18.4. The predicted octanol–water partition coefficient (Wildman–Crippen LogP) is 12.3. The molecule has 0 amide bonds. The number of dihydropyridines is 1. The zero-order valence-electron chi connectivity index (χ0n) is 29.0. The van der Waals surface area contributed by atoms with Crippen molar-refractivity contribution in [1.82, 2.24) is 10.3 Å². The molecule has 1 unspecified atom stereocenters. The maximum Gasteiger partial charge on any atom is 0.0869 e. The molecule has 0 saturated heterocycles. The van der Waals surface area contributed by atoms with Crippen molar-refractivity contribution in [3.8, 4) is 55.6 Å². The quantitative estimate of drug-likeness (QED) is 0.201. The fourth-order valence-corrected chi connectivity index (χ4v) is 9.30. The van der Waals surface area contributed by atoms with E-state index in [2.05, 4.69) is 187 Å². The van der Waals surface area contributed by atoms with E-state index in [0.717, 1.165) is 16.6 Å². The van der Waals surface area contributed by atoms with Crippen LogP contribution in [-0.2, 0) is 5.41 Å². The summed E-state index contributed by atoms with van der Waals surface area (Å²) in [6.45, 7) is 0. The van der Waals surface area contributed by atoms with Crippen LogP contribution in [0.2, 0.25) is 0 Å². The minimum atomic E-state index is -0.343. The Balaban J connectivity index is 1.03. The van der Waals surface area contributed by atoms with Gasteiger partial charge in [-0.1, -0.05) is 164 Å². The Morgan fingerprint density at radius 1 is 0.434 bits per heavy atom.